The van der Waals surface area contributed by atoms with Gasteiger partial charge in [0, 0.05) is 20.1 Å². The fourth-order valence-corrected chi connectivity index (χ4v) is 1.03. The van der Waals surface area contributed by atoms with E-state index in [1.54, 1.807) is 0 Å². The first-order chi connectivity index (χ1) is 5.20. The maximum absolute atomic E-state index is 10.1. The minimum absolute atomic E-state index is 0.440. The monoisotopic (exact) mass is 157 g/mol. The van der Waals surface area contributed by atoms with Gasteiger partial charge >= 0.3 is 0 Å². The third-order valence-electron chi connectivity index (χ3n) is 1.62. The van der Waals surface area contributed by atoms with Gasteiger partial charge in [-0.1, -0.05) is 0 Å². The van der Waals surface area contributed by atoms with Crippen LogP contribution in [-0.4, -0.2) is 30.0 Å². The molecule has 1 aliphatic heterocycles. The van der Waals surface area contributed by atoms with Crippen LogP contribution in [0.15, 0.2) is 12.0 Å². The van der Waals surface area contributed by atoms with Gasteiger partial charge in [-0.3, -0.25) is 10.1 Å². The smallest absolute Gasteiger partial charge is 0.274 e. The molecule has 11 heavy (non-hydrogen) atoms. The van der Waals surface area contributed by atoms with E-state index in [0.29, 0.717) is 5.82 Å². The standard InChI is InChI=1S/C6H11N3O2/c1-8-4-2-3-7-6(8)5-9(10)11/h5,7H,2-4H2,1H3. The highest BCUT2D eigenvalue weighted by atomic mass is 16.6. The first-order valence-electron chi connectivity index (χ1n) is 3.50. The fourth-order valence-electron chi connectivity index (χ4n) is 1.03. The molecule has 62 valence electrons. The quantitative estimate of drug-likeness (QED) is 0.429. The number of rotatable bonds is 1. The Balaban J connectivity index is 2.60. The molecular formula is C6H11N3O2. The van der Waals surface area contributed by atoms with Crippen molar-refractivity contribution in [1.82, 2.24) is 10.2 Å². The van der Waals surface area contributed by atoms with Crippen LogP contribution in [-0.2, 0) is 0 Å². The van der Waals surface area contributed by atoms with E-state index in [2.05, 4.69) is 5.32 Å². The number of nitrogens with zero attached hydrogens (tertiary/aromatic N) is 2. The second kappa shape index (κ2) is 3.23. The van der Waals surface area contributed by atoms with Gasteiger partial charge in [-0.25, -0.2) is 0 Å². The first-order valence-corrected chi connectivity index (χ1v) is 3.50. The Bertz CT molecular complexity index is 190. The zero-order valence-corrected chi connectivity index (χ0v) is 6.41. The maximum Gasteiger partial charge on any atom is 0.274 e. The van der Waals surface area contributed by atoms with E-state index < -0.39 is 4.92 Å². The van der Waals surface area contributed by atoms with Gasteiger partial charge in [0.1, 0.15) is 0 Å². The molecule has 0 radical (unpaired) electrons. The second-order valence-corrected chi connectivity index (χ2v) is 2.50. The van der Waals surface area contributed by atoms with Crippen LogP contribution in [0.5, 0.6) is 0 Å². The number of nitro groups is 1. The average Bonchev–Trinajstić information content (AvgIpc) is 1.93. The van der Waals surface area contributed by atoms with Crippen LogP contribution < -0.4 is 5.32 Å². The molecule has 0 atom stereocenters. The lowest BCUT2D eigenvalue weighted by atomic mass is 10.3. The van der Waals surface area contributed by atoms with E-state index in [0.717, 1.165) is 25.7 Å². The molecule has 1 N–H and O–H groups in total. The average molecular weight is 157 g/mol. The van der Waals surface area contributed by atoms with Crippen LogP contribution in [0, 0.1) is 10.1 Å². The van der Waals surface area contributed by atoms with Gasteiger partial charge in [-0.15, -0.1) is 0 Å². The van der Waals surface area contributed by atoms with Crippen molar-refractivity contribution in [2.24, 2.45) is 0 Å². The van der Waals surface area contributed by atoms with Gasteiger partial charge in [0.15, 0.2) is 5.82 Å². The van der Waals surface area contributed by atoms with Gasteiger partial charge in [-0.05, 0) is 6.42 Å². The Hall–Kier alpha value is -1.26. The molecule has 1 fully saturated rings. The Morgan fingerprint density at radius 1 is 1.82 bits per heavy atom. The SMILES string of the molecule is CN1CCCNC1=C[N+](=O)[O-]. The fraction of sp³-hybridized carbons (Fsp3) is 0.667. The van der Waals surface area contributed by atoms with Crippen LogP contribution in [0.1, 0.15) is 6.42 Å². The van der Waals surface area contributed by atoms with E-state index in [4.69, 9.17) is 0 Å². The van der Waals surface area contributed by atoms with Crippen molar-refractivity contribution in [3.63, 3.8) is 0 Å². The van der Waals surface area contributed by atoms with Gasteiger partial charge in [0.2, 0.25) is 0 Å². The molecule has 1 rings (SSSR count). The van der Waals surface area contributed by atoms with Gasteiger partial charge < -0.3 is 10.2 Å². The normalized spacial score (nSPS) is 21.5. The molecule has 1 heterocycles. The molecule has 0 saturated carbocycles. The van der Waals surface area contributed by atoms with E-state index in [9.17, 15) is 10.1 Å². The molecule has 0 amide bonds. The minimum Gasteiger partial charge on any atom is -0.367 e. The highest BCUT2D eigenvalue weighted by Crippen LogP contribution is 2.03. The van der Waals surface area contributed by atoms with Crippen molar-refractivity contribution in [3.05, 3.63) is 22.1 Å². The molecule has 5 heteroatoms. The van der Waals surface area contributed by atoms with Crippen molar-refractivity contribution in [1.29, 1.82) is 0 Å². The molecule has 0 aromatic heterocycles. The summed E-state index contributed by atoms with van der Waals surface area (Å²) in [5.41, 5.74) is 0. The topological polar surface area (TPSA) is 58.4 Å². The van der Waals surface area contributed by atoms with Crippen molar-refractivity contribution >= 4 is 0 Å². The van der Waals surface area contributed by atoms with Gasteiger partial charge in [-0.2, -0.15) is 0 Å². The molecule has 0 bridgehead atoms. The minimum atomic E-state index is -0.440. The molecule has 5 nitrogen and oxygen atoms in total. The number of hydrogen-bond acceptors (Lipinski definition) is 4. The van der Waals surface area contributed by atoms with E-state index in [1.807, 2.05) is 11.9 Å². The molecule has 0 unspecified atom stereocenters. The van der Waals surface area contributed by atoms with Crippen LogP contribution in [0.25, 0.3) is 0 Å². The Morgan fingerprint density at radius 2 is 2.55 bits per heavy atom. The summed E-state index contributed by atoms with van der Waals surface area (Å²) in [5.74, 6) is 0.598. The molecular weight excluding hydrogens is 146 g/mol. The summed E-state index contributed by atoms with van der Waals surface area (Å²) in [4.78, 5) is 11.5. The molecule has 0 aromatic carbocycles. The molecule has 0 aliphatic carbocycles. The molecule has 1 aliphatic rings. The lowest BCUT2D eigenvalue weighted by Crippen LogP contribution is -2.37. The van der Waals surface area contributed by atoms with E-state index in [1.165, 1.54) is 0 Å². The van der Waals surface area contributed by atoms with Crippen LogP contribution in [0.4, 0.5) is 0 Å². The summed E-state index contributed by atoms with van der Waals surface area (Å²) in [6.45, 7) is 1.71. The largest absolute Gasteiger partial charge is 0.367 e. The third-order valence-corrected chi connectivity index (χ3v) is 1.62. The van der Waals surface area contributed by atoms with Crippen LogP contribution in [0.3, 0.4) is 0 Å². The molecule has 0 aromatic rings. The predicted molar refractivity (Wildman–Crippen MR) is 40.3 cm³/mol. The zero-order chi connectivity index (χ0) is 8.27. The summed E-state index contributed by atoms with van der Waals surface area (Å²) < 4.78 is 0. The number of hydrogen-bond donors (Lipinski definition) is 1. The third kappa shape index (κ3) is 2.10. The molecule has 1 saturated heterocycles. The predicted octanol–water partition coefficient (Wildman–Crippen LogP) is -0.0129. The summed E-state index contributed by atoms with van der Waals surface area (Å²) in [6.07, 6.45) is 2.03. The van der Waals surface area contributed by atoms with E-state index >= 15 is 0 Å². The Morgan fingerprint density at radius 3 is 3.09 bits per heavy atom. The van der Waals surface area contributed by atoms with Crippen molar-refractivity contribution in [2.45, 2.75) is 6.42 Å². The van der Waals surface area contributed by atoms with Crippen molar-refractivity contribution in [2.75, 3.05) is 20.1 Å². The highest BCUT2D eigenvalue weighted by molar-refractivity contribution is 4.95. The maximum atomic E-state index is 10.1. The first kappa shape index (κ1) is 7.84. The van der Waals surface area contributed by atoms with E-state index in [-0.39, 0.29) is 0 Å². The number of nitrogens with one attached hydrogen (secondary N) is 1. The van der Waals surface area contributed by atoms with Gasteiger partial charge in [0.05, 0.1) is 4.92 Å². The second-order valence-electron chi connectivity index (χ2n) is 2.50. The summed E-state index contributed by atoms with van der Waals surface area (Å²) in [5, 5.41) is 13.0. The lowest BCUT2D eigenvalue weighted by Gasteiger charge is -2.26. The van der Waals surface area contributed by atoms with Crippen molar-refractivity contribution in [3.8, 4) is 0 Å². The highest BCUT2D eigenvalue weighted by Gasteiger charge is 2.12. The lowest BCUT2D eigenvalue weighted by molar-refractivity contribution is -0.404. The van der Waals surface area contributed by atoms with Crippen LogP contribution >= 0.6 is 0 Å². The van der Waals surface area contributed by atoms with Gasteiger partial charge in [0.25, 0.3) is 6.20 Å². The van der Waals surface area contributed by atoms with Crippen molar-refractivity contribution < 1.29 is 4.92 Å². The van der Waals surface area contributed by atoms with Crippen LogP contribution in [0.2, 0.25) is 0 Å². The Kier molecular flexibility index (Phi) is 2.30. The summed E-state index contributed by atoms with van der Waals surface area (Å²) in [7, 11) is 1.83. The summed E-state index contributed by atoms with van der Waals surface area (Å²) >= 11 is 0. The molecule has 0 spiro atoms. The Labute approximate surface area is 64.8 Å². The summed E-state index contributed by atoms with van der Waals surface area (Å²) in [6, 6.07) is 0. The zero-order valence-electron chi connectivity index (χ0n) is 6.41.